The van der Waals surface area contributed by atoms with Crippen LogP contribution < -0.4 is 15.5 Å². The van der Waals surface area contributed by atoms with Crippen LogP contribution in [0.2, 0.25) is 0 Å². The molecule has 2 aromatic rings. The van der Waals surface area contributed by atoms with Gasteiger partial charge in [-0.15, -0.1) is 24.0 Å². The zero-order valence-corrected chi connectivity index (χ0v) is 19.3. The van der Waals surface area contributed by atoms with E-state index in [4.69, 9.17) is 4.99 Å². The average molecular weight is 493 g/mol. The fourth-order valence-electron chi connectivity index (χ4n) is 3.41. The molecule has 0 radical (unpaired) electrons. The number of nitrogens with one attached hydrogen (secondary N) is 2. The van der Waals surface area contributed by atoms with Gasteiger partial charge in [-0.05, 0) is 48.9 Å². The smallest absolute Gasteiger partial charge is 0.191 e. The van der Waals surface area contributed by atoms with Gasteiger partial charge in [-0.1, -0.05) is 37.3 Å². The molecule has 3 rings (SSSR count). The molecule has 0 spiro atoms. The molecule has 5 nitrogen and oxygen atoms in total. The van der Waals surface area contributed by atoms with Crippen LogP contribution in [0, 0.1) is 0 Å². The van der Waals surface area contributed by atoms with Gasteiger partial charge in [-0.3, -0.25) is 0 Å². The topological polar surface area (TPSA) is 52.6 Å². The van der Waals surface area contributed by atoms with Crippen molar-refractivity contribution in [2.24, 2.45) is 4.99 Å². The molecule has 28 heavy (non-hydrogen) atoms. The number of aryl methyl sites for hydroxylation is 1. The van der Waals surface area contributed by atoms with E-state index in [0.29, 0.717) is 6.54 Å². The molecule has 1 saturated heterocycles. The first-order valence-corrected chi connectivity index (χ1v) is 10.1. The number of rotatable bonds is 7. The molecule has 1 aromatic heterocycles. The number of anilines is 1. The molecule has 6 heteroatoms. The highest BCUT2D eigenvalue weighted by Crippen LogP contribution is 2.17. The maximum Gasteiger partial charge on any atom is 0.191 e. The molecule has 0 aliphatic carbocycles. The lowest BCUT2D eigenvalue weighted by Crippen LogP contribution is -2.37. The molecular formula is C22H32IN5. The van der Waals surface area contributed by atoms with Crippen molar-refractivity contribution in [3.63, 3.8) is 0 Å². The number of aromatic nitrogens is 1. The predicted molar refractivity (Wildman–Crippen MR) is 129 cm³/mol. The fourth-order valence-corrected chi connectivity index (χ4v) is 3.41. The Kier molecular flexibility index (Phi) is 9.54. The number of aliphatic imine (C=N–C) groups is 1. The van der Waals surface area contributed by atoms with E-state index in [1.165, 1.54) is 24.0 Å². The highest BCUT2D eigenvalue weighted by Gasteiger charge is 2.12. The summed E-state index contributed by atoms with van der Waals surface area (Å²) in [5.74, 6) is 1.92. The standard InChI is InChI=1S/C22H31N5.HI/c1-3-19-9-5-6-10-20(19)17-26-22(23-4-2)25-16-18-11-12-21(24-15-18)27-13-7-8-14-27;/h5-6,9-12,15H,3-4,7-8,13-14,16-17H2,1-2H3,(H2,23,25,26);1H. The van der Waals surface area contributed by atoms with Crippen molar-refractivity contribution in [3.05, 3.63) is 59.3 Å². The molecule has 2 heterocycles. The molecule has 1 fully saturated rings. The van der Waals surface area contributed by atoms with Crippen LogP contribution in [-0.2, 0) is 19.5 Å². The summed E-state index contributed by atoms with van der Waals surface area (Å²) in [6.45, 7) is 8.77. The van der Waals surface area contributed by atoms with E-state index in [9.17, 15) is 0 Å². The van der Waals surface area contributed by atoms with E-state index in [-0.39, 0.29) is 24.0 Å². The highest BCUT2D eigenvalue weighted by molar-refractivity contribution is 14.0. The van der Waals surface area contributed by atoms with E-state index in [0.717, 1.165) is 49.9 Å². The van der Waals surface area contributed by atoms with Crippen LogP contribution in [0.3, 0.4) is 0 Å². The number of benzene rings is 1. The number of nitrogens with zero attached hydrogens (tertiary/aromatic N) is 3. The van der Waals surface area contributed by atoms with Crippen molar-refractivity contribution in [1.82, 2.24) is 15.6 Å². The molecule has 0 saturated carbocycles. The van der Waals surface area contributed by atoms with Crippen LogP contribution >= 0.6 is 24.0 Å². The van der Waals surface area contributed by atoms with E-state index >= 15 is 0 Å². The van der Waals surface area contributed by atoms with Crippen molar-refractivity contribution in [3.8, 4) is 0 Å². The van der Waals surface area contributed by atoms with Crippen molar-refractivity contribution in [2.45, 2.75) is 46.2 Å². The number of hydrogen-bond acceptors (Lipinski definition) is 3. The maximum absolute atomic E-state index is 4.72. The van der Waals surface area contributed by atoms with Gasteiger partial charge >= 0.3 is 0 Å². The second-order valence-electron chi connectivity index (χ2n) is 6.89. The van der Waals surface area contributed by atoms with Crippen molar-refractivity contribution in [2.75, 3.05) is 24.5 Å². The molecule has 0 atom stereocenters. The number of guanidine groups is 1. The Morgan fingerprint density at radius 1 is 1.04 bits per heavy atom. The quantitative estimate of drug-likeness (QED) is 0.346. The van der Waals surface area contributed by atoms with E-state index in [1.807, 2.05) is 6.20 Å². The second kappa shape index (κ2) is 11.9. The molecule has 0 bridgehead atoms. The second-order valence-corrected chi connectivity index (χ2v) is 6.89. The minimum Gasteiger partial charge on any atom is -0.357 e. The molecule has 0 unspecified atom stereocenters. The van der Waals surface area contributed by atoms with Gasteiger partial charge in [0.15, 0.2) is 5.96 Å². The third kappa shape index (κ3) is 6.36. The first kappa shape index (κ1) is 22.5. The first-order valence-electron chi connectivity index (χ1n) is 10.1. The summed E-state index contributed by atoms with van der Waals surface area (Å²) < 4.78 is 0. The van der Waals surface area contributed by atoms with E-state index in [1.54, 1.807) is 0 Å². The maximum atomic E-state index is 4.72. The minimum absolute atomic E-state index is 0. The molecule has 2 N–H and O–H groups in total. The monoisotopic (exact) mass is 493 g/mol. The Hall–Kier alpha value is -1.83. The van der Waals surface area contributed by atoms with Crippen molar-refractivity contribution >= 4 is 35.8 Å². The third-order valence-corrected chi connectivity index (χ3v) is 4.95. The Balaban J connectivity index is 0.00000280. The zero-order chi connectivity index (χ0) is 18.9. The Labute approximate surface area is 186 Å². The third-order valence-electron chi connectivity index (χ3n) is 4.95. The van der Waals surface area contributed by atoms with Gasteiger partial charge in [0.05, 0.1) is 6.54 Å². The molecule has 1 aromatic carbocycles. The summed E-state index contributed by atoms with van der Waals surface area (Å²) >= 11 is 0. The Bertz CT molecular complexity index is 739. The predicted octanol–water partition coefficient (Wildman–Crippen LogP) is 4.12. The van der Waals surface area contributed by atoms with Crippen LogP contribution in [0.1, 0.15) is 43.4 Å². The summed E-state index contributed by atoms with van der Waals surface area (Å²) in [6, 6.07) is 12.8. The highest BCUT2D eigenvalue weighted by atomic mass is 127. The molecule has 1 aliphatic rings. The lowest BCUT2D eigenvalue weighted by molar-refractivity contribution is 0.808. The van der Waals surface area contributed by atoms with Gasteiger partial charge in [0.1, 0.15) is 5.82 Å². The summed E-state index contributed by atoms with van der Waals surface area (Å²) in [5, 5.41) is 6.78. The summed E-state index contributed by atoms with van der Waals surface area (Å²) in [7, 11) is 0. The van der Waals surface area contributed by atoms with Crippen LogP contribution in [-0.4, -0.2) is 30.6 Å². The average Bonchev–Trinajstić information content (AvgIpc) is 3.25. The van der Waals surface area contributed by atoms with Gasteiger partial charge in [0.25, 0.3) is 0 Å². The van der Waals surface area contributed by atoms with Gasteiger partial charge in [0, 0.05) is 32.4 Å². The molecule has 1 aliphatic heterocycles. The van der Waals surface area contributed by atoms with Gasteiger partial charge in [0.2, 0.25) is 0 Å². The van der Waals surface area contributed by atoms with Crippen molar-refractivity contribution in [1.29, 1.82) is 0 Å². The lowest BCUT2D eigenvalue weighted by atomic mass is 10.1. The Morgan fingerprint density at radius 3 is 2.43 bits per heavy atom. The fraction of sp³-hybridized carbons (Fsp3) is 0.455. The largest absolute Gasteiger partial charge is 0.357 e. The van der Waals surface area contributed by atoms with Gasteiger partial charge in [-0.2, -0.15) is 0 Å². The van der Waals surface area contributed by atoms with Crippen LogP contribution in [0.5, 0.6) is 0 Å². The normalized spacial score (nSPS) is 13.9. The van der Waals surface area contributed by atoms with Gasteiger partial charge in [-0.25, -0.2) is 9.98 Å². The van der Waals surface area contributed by atoms with Crippen LogP contribution in [0.15, 0.2) is 47.6 Å². The van der Waals surface area contributed by atoms with Crippen molar-refractivity contribution < 1.29 is 0 Å². The zero-order valence-electron chi connectivity index (χ0n) is 16.9. The van der Waals surface area contributed by atoms with Crippen LogP contribution in [0.25, 0.3) is 0 Å². The summed E-state index contributed by atoms with van der Waals surface area (Å²) in [4.78, 5) is 11.7. The minimum atomic E-state index is 0. The molecule has 152 valence electrons. The van der Waals surface area contributed by atoms with Gasteiger partial charge < -0.3 is 15.5 Å². The lowest BCUT2D eigenvalue weighted by Gasteiger charge is -2.16. The molecular weight excluding hydrogens is 461 g/mol. The number of halogens is 1. The van der Waals surface area contributed by atoms with Crippen LogP contribution in [0.4, 0.5) is 5.82 Å². The number of hydrogen-bond donors (Lipinski definition) is 2. The van der Waals surface area contributed by atoms with E-state index in [2.05, 4.69) is 70.8 Å². The summed E-state index contributed by atoms with van der Waals surface area (Å²) in [6.07, 6.45) is 5.53. The molecule has 0 amide bonds. The summed E-state index contributed by atoms with van der Waals surface area (Å²) in [5.41, 5.74) is 3.83. The Morgan fingerprint density at radius 2 is 1.79 bits per heavy atom. The SMILES string of the molecule is CCNC(=NCc1ccc(N2CCCC2)nc1)NCc1ccccc1CC.I. The number of pyridine rings is 1. The van der Waals surface area contributed by atoms with E-state index < -0.39 is 0 Å². The first-order chi connectivity index (χ1) is 13.3.